The Kier molecular flexibility index (Phi) is 4.73. The molecule has 0 fully saturated rings. The van der Waals surface area contributed by atoms with Gasteiger partial charge in [0.1, 0.15) is 5.69 Å². The van der Waals surface area contributed by atoms with Crippen molar-refractivity contribution in [2.24, 2.45) is 5.73 Å². The molecule has 114 valence electrons. The molecule has 0 radical (unpaired) electrons. The van der Waals surface area contributed by atoms with Gasteiger partial charge in [0, 0.05) is 12.6 Å². The molecule has 1 aromatic carbocycles. The molecule has 2 rings (SSSR count). The standard InChI is InChI=1S/C16H18N4O2/c1-3-20-15(16(17)22)14(11(2)19-20)18-13(21)10-9-12-7-5-4-6-8-12/h4-10H,3H2,1-2H3,(H2,17,22)(H,18,21). The Morgan fingerprint density at radius 2 is 2.00 bits per heavy atom. The molecular weight excluding hydrogens is 280 g/mol. The molecule has 0 saturated heterocycles. The minimum Gasteiger partial charge on any atom is -0.364 e. The van der Waals surface area contributed by atoms with Gasteiger partial charge in [0.2, 0.25) is 5.91 Å². The quantitative estimate of drug-likeness (QED) is 0.827. The Bertz CT molecular complexity index is 717. The lowest BCUT2D eigenvalue weighted by Gasteiger charge is -2.04. The predicted octanol–water partition coefficient (Wildman–Crippen LogP) is 1.96. The number of carbonyl (C=O) groups is 2. The lowest BCUT2D eigenvalue weighted by Crippen LogP contribution is -2.20. The maximum atomic E-state index is 12.0. The summed E-state index contributed by atoms with van der Waals surface area (Å²) < 4.78 is 1.48. The van der Waals surface area contributed by atoms with Crippen LogP contribution in [-0.4, -0.2) is 21.6 Å². The summed E-state index contributed by atoms with van der Waals surface area (Å²) in [5, 5.41) is 6.87. The zero-order valence-electron chi connectivity index (χ0n) is 12.5. The van der Waals surface area contributed by atoms with E-state index >= 15 is 0 Å². The zero-order chi connectivity index (χ0) is 16.1. The molecule has 0 atom stereocenters. The molecule has 0 aliphatic heterocycles. The van der Waals surface area contributed by atoms with Crippen molar-refractivity contribution in [3.63, 3.8) is 0 Å². The summed E-state index contributed by atoms with van der Waals surface area (Å²) in [5.41, 5.74) is 7.41. The first kappa shape index (κ1) is 15.5. The molecule has 2 aromatic rings. The number of rotatable bonds is 5. The molecule has 0 saturated carbocycles. The normalized spacial score (nSPS) is 10.8. The van der Waals surface area contributed by atoms with E-state index in [1.807, 2.05) is 37.3 Å². The number of nitrogens with two attached hydrogens (primary N) is 1. The van der Waals surface area contributed by atoms with E-state index in [1.165, 1.54) is 10.8 Å². The zero-order valence-corrected chi connectivity index (χ0v) is 12.5. The van der Waals surface area contributed by atoms with Crippen molar-refractivity contribution in [3.8, 4) is 0 Å². The molecule has 1 heterocycles. The number of amides is 2. The molecule has 0 bridgehead atoms. The van der Waals surface area contributed by atoms with Crippen LogP contribution in [0.25, 0.3) is 6.08 Å². The monoisotopic (exact) mass is 298 g/mol. The summed E-state index contributed by atoms with van der Waals surface area (Å²) in [6.07, 6.45) is 3.10. The van der Waals surface area contributed by atoms with Gasteiger partial charge in [0.25, 0.3) is 5.91 Å². The second-order valence-corrected chi connectivity index (χ2v) is 4.72. The van der Waals surface area contributed by atoms with Crippen molar-refractivity contribution in [1.29, 1.82) is 0 Å². The number of aryl methyl sites for hydroxylation is 2. The Balaban J connectivity index is 2.20. The first-order valence-corrected chi connectivity index (χ1v) is 6.94. The molecule has 1 aromatic heterocycles. The Hall–Kier alpha value is -2.89. The van der Waals surface area contributed by atoms with Gasteiger partial charge in [0.05, 0.1) is 11.4 Å². The molecular formula is C16H18N4O2. The topological polar surface area (TPSA) is 90.0 Å². The maximum absolute atomic E-state index is 12.0. The number of primary amides is 1. The molecule has 0 unspecified atom stereocenters. The molecule has 6 nitrogen and oxygen atoms in total. The summed E-state index contributed by atoms with van der Waals surface area (Å²) in [4.78, 5) is 23.6. The molecule has 3 N–H and O–H groups in total. The van der Waals surface area contributed by atoms with E-state index in [1.54, 1.807) is 13.0 Å². The highest BCUT2D eigenvalue weighted by Gasteiger charge is 2.19. The van der Waals surface area contributed by atoms with Crippen LogP contribution >= 0.6 is 0 Å². The third-order valence-corrected chi connectivity index (χ3v) is 3.14. The molecule has 0 aliphatic carbocycles. The van der Waals surface area contributed by atoms with Crippen LogP contribution < -0.4 is 11.1 Å². The van der Waals surface area contributed by atoms with E-state index in [9.17, 15) is 9.59 Å². The first-order chi connectivity index (χ1) is 10.5. The number of hydrogen-bond acceptors (Lipinski definition) is 3. The van der Waals surface area contributed by atoms with Gasteiger partial charge in [-0.3, -0.25) is 14.3 Å². The van der Waals surface area contributed by atoms with E-state index in [2.05, 4.69) is 10.4 Å². The van der Waals surface area contributed by atoms with Gasteiger partial charge >= 0.3 is 0 Å². The molecule has 22 heavy (non-hydrogen) atoms. The van der Waals surface area contributed by atoms with Gasteiger partial charge in [-0.25, -0.2) is 0 Å². The van der Waals surface area contributed by atoms with Gasteiger partial charge < -0.3 is 11.1 Å². The van der Waals surface area contributed by atoms with Crippen LogP contribution in [0.5, 0.6) is 0 Å². The minimum absolute atomic E-state index is 0.210. The number of nitrogens with one attached hydrogen (secondary N) is 1. The van der Waals surface area contributed by atoms with Crippen LogP contribution in [0.15, 0.2) is 36.4 Å². The number of nitrogens with zero attached hydrogens (tertiary/aromatic N) is 2. The van der Waals surface area contributed by atoms with Crippen molar-refractivity contribution in [2.75, 3.05) is 5.32 Å². The number of anilines is 1. The van der Waals surface area contributed by atoms with E-state index in [0.29, 0.717) is 17.9 Å². The fourth-order valence-corrected chi connectivity index (χ4v) is 2.11. The van der Waals surface area contributed by atoms with E-state index in [-0.39, 0.29) is 11.6 Å². The summed E-state index contributed by atoms with van der Waals surface area (Å²) in [5.74, 6) is -0.963. The van der Waals surface area contributed by atoms with E-state index in [4.69, 9.17) is 5.73 Å². The Morgan fingerprint density at radius 3 is 2.59 bits per heavy atom. The third-order valence-electron chi connectivity index (χ3n) is 3.14. The number of hydrogen-bond donors (Lipinski definition) is 2. The van der Waals surface area contributed by atoms with Gasteiger partial charge in [-0.15, -0.1) is 0 Å². The van der Waals surface area contributed by atoms with Gasteiger partial charge in [-0.1, -0.05) is 30.3 Å². The van der Waals surface area contributed by atoms with Crippen LogP contribution in [0.2, 0.25) is 0 Å². The van der Waals surface area contributed by atoms with Crippen LogP contribution in [0.4, 0.5) is 5.69 Å². The number of carbonyl (C=O) groups excluding carboxylic acids is 2. The minimum atomic E-state index is -0.621. The molecule has 2 amide bonds. The lowest BCUT2D eigenvalue weighted by atomic mass is 10.2. The largest absolute Gasteiger partial charge is 0.364 e. The van der Waals surface area contributed by atoms with Gasteiger partial charge in [-0.05, 0) is 25.5 Å². The third kappa shape index (κ3) is 3.41. The van der Waals surface area contributed by atoms with Crippen molar-refractivity contribution in [1.82, 2.24) is 9.78 Å². The highest BCUT2D eigenvalue weighted by molar-refractivity contribution is 6.07. The average molecular weight is 298 g/mol. The maximum Gasteiger partial charge on any atom is 0.269 e. The predicted molar refractivity (Wildman–Crippen MR) is 85.3 cm³/mol. The SMILES string of the molecule is CCn1nc(C)c(NC(=O)C=Cc2ccccc2)c1C(N)=O. The highest BCUT2D eigenvalue weighted by atomic mass is 16.2. The van der Waals surface area contributed by atoms with Crippen LogP contribution in [0.3, 0.4) is 0 Å². The molecule has 6 heteroatoms. The lowest BCUT2D eigenvalue weighted by molar-refractivity contribution is -0.111. The Labute approximate surface area is 128 Å². The first-order valence-electron chi connectivity index (χ1n) is 6.94. The Morgan fingerprint density at radius 1 is 1.32 bits per heavy atom. The summed E-state index contributed by atoms with van der Waals surface area (Å²) >= 11 is 0. The van der Waals surface area contributed by atoms with Crippen molar-refractivity contribution >= 4 is 23.6 Å². The fraction of sp³-hybridized carbons (Fsp3) is 0.188. The van der Waals surface area contributed by atoms with E-state index < -0.39 is 5.91 Å². The molecule has 0 spiro atoms. The highest BCUT2D eigenvalue weighted by Crippen LogP contribution is 2.20. The number of benzene rings is 1. The van der Waals surface area contributed by atoms with Crippen LogP contribution in [0, 0.1) is 6.92 Å². The van der Waals surface area contributed by atoms with Gasteiger partial charge in [-0.2, -0.15) is 5.10 Å². The van der Waals surface area contributed by atoms with Crippen molar-refractivity contribution in [2.45, 2.75) is 20.4 Å². The second kappa shape index (κ2) is 6.71. The van der Waals surface area contributed by atoms with Crippen molar-refractivity contribution in [3.05, 3.63) is 53.4 Å². The van der Waals surface area contributed by atoms with E-state index in [0.717, 1.165) is 5.56 Å². The second-order valence-electron chi connectivity index (χ2n) is 4.72. The summed E-state index contributed by atoms with van der Waals surface area (Å²) in [6.45, 7) is 4.06. The molecule has 0 aliphatic rings. The van der Waals surface area contributed by atoms with Gasteiger partial charge in [0.15, 0.2) is 0 Å². The smallest absolute Gasteiger partial charge is 0.269 e. The van der Waals surface area contributed by atoms with Crippen LogP contribution in [0.1, 0.15) is 28.7 Å². The number of aromatic nitrogens is 2. The fourth-order valence-electron chi connectivity index (χ4n) is 2.11. The van der Waals surface area contributed by atoms with Crippen LogP contribution in [-0.2, 0) is 11.3 Å². The van der Waals surface area contributed by atoms with Crippen molar-refractivity contribution < 1.29 is 9.59 Å². The summed E-state index contributed by atoms with van der Waals surface area (Å²) in [6, 6.07) is 9.45. The average Bonchev–Trinajstić information content (AvgIpc) is 2.82. The summed E-state index contributed by atoms with van der Waals surface area (Å²) in [7, 11) is 0.